The zero-order valence-corrected chi connectivity index (χ0v) is 9.06. The van der Waals surface area contributed by atoms with Crippen molar-refractivity contribution in [3.63, 3.8) is 0 Å². The SMILES string of the molecule is CONC(C)c1ccc(F)cc1Br. The lowest BCUT2D eigenvalue weighted by Crippen LogP contribution is -2.17. The molecule has 0 heterocycles. The zero-order chi connectivity index (χ0) is 9.84. The molecule has 0 aliphatic rings. The number of rotatable bonds is 3. The standard InChI is InChI=1S/C9H11BrFNO/c1-6(12-13-2)8-4-3-7(11)5-9(8)10/h3-6,12H,1-2H3. The summed E-state index contributed by atoms with van der Waals surface area (Å²) in [5.74, 6) is -0.250. The predicted molar refractivity (Wildman–Crippen MR) is 52.7 cm³/mol. The molecule has 1 aromatic carbocycles. The molecule has 1 aromatic rings. The molecule has 0 bridgehead atoms. The maximum Gasteiger partial charge on any atom is 0.124 e. The molecule has 4 heteroatoms. The van der Waals surface area contributed by atoms with Crippen molar-refractivity contribution in [3.05, 3.63) is 34.1 Å². The molecule has 1 unspecified atom stereocenters. The van der Waals surface area contributed by atoms with Gasteiger partial charge in [0.1, 0.15) is 5.82 Å². The highest BCUT2D eigenvalue weighted by atomic mass is 79.9. The van der Waals surface area contributed by atoms with Crippen molar-refractivity contribution in [3.8, 4) is 0 Å². The highest BCUT2D eigenvalue weighted by Gasteiger charge is 2.08. The number of hydroxylamine groups is 1. The van der Waals surface area contributed by atoms with Gasteiger partial charge < -0.3 is 4.84 Å². The number of benzene rings is 1. The smallest absolute Gasteiger partial charge is 0.124 e. The molecule has 0 saturated carbocycles. The first-order chi connectivity index (χ1) is 6.15. The van der Waals surface area contributed by atoms with Crippen LogP contribution < -0.4 is 5.48 Å². The van der Waals surface area contributed by atoms with Crippen molar-refractivity contribution < 1.29 is 9.23 Å². The van der Waals surface area contributed by atoms with Gasteiger partial charge in [-0.05, 0) is 24.6 Å². The third-order valence-corrected chi connectivity index (χ3v) is 2.41. The highest BCUT2D eigenvalue weighted by Crippen LogP contribution is 2.23. The Morgan fingerprint density at radius 3 is 2.77 bits per heavy atom. The molecule has 0 aliphatic carbocycles. The van der Waals surface area contributed by atoms with Crippen LogP contribution in [0.3, 0.4) is 0 Å². The normalized spacial score (nSPS) is 12.9. The molecule has 0 amide bonds. The average molecular weight is 248 g/mol. The third-order valence-electron chi connectivity index (χ3n) is 1.72. The van der Waals surface area contributed by atoms with Crippen LogP contribution >= 0.6 is 15.9 Å². The number of halogens is 2. The zero-order valence-electron chi connectivity index (χ0n) is 7.47. The second kappa shape index (κ2) is 4.69. The first-order valence-corrected chi connectivity index (χ1v) is 4.68. The summed E-state index contributed by atoms with van der Waals surface area (Å²) < 4.78 is 13.5. The van der Waals surface area contributed by atoms with Crippen molar-refractivity contribution in [1.29, 1.82) is 0 Å². The largest absolute Gasteiger partial charge is 0.305 e. The Morgan fingerprint density at radius 1 is 1.54 bits per heavy atom. The van der Waals surface area contributed by atoms with Crippen LogP contribution in [0, 0.1) is 5.82 Å². The van der Waals surface area contributed by atoms with Crippen LogP contribution in [0.25, 0.3) is 0 Å². The van der Waals surface area contributed by atoms with Gasteiger partial charge >= 0.3 is 0 Å². The van der Waals surface area contributed by atoms with Gasteiger partial charge in [0.2, 0.25) is 0 Å². The van der Waals surface area contributed by atoms with Gasteiger partial charge in [-0.1, -0.05) is 22.0 Å². The lowest BCUT2D eigenvalue weighted by atomic mass is 10.1. The molecule has 1 rings (SSSR count). The van der Waals surface area contributed by atoms with E-state index in [-0.39, 0.29) is 11.9 Å². The summed E-state index contributed by atoms with van der Waals surface area (Å²) in [6, 6.07) is 4.60. The molecule has 1 atom stereocenters. The summed E-state index contributed by atoms with van der Waals surface area (Å²) in [4.78, 5) is 4.78. The third kappa shape index (κ3) is 2.76. The quantitative estimate of drug-likeness (QED) is 0.830. The fourth-order valence-corrected chi connectivity index (χ4v) is 1.79. The molecule has 2 nitrogen and oxygen atoms in total. The van der Waals surface area contributed by atoms with Crippen molar-refractivity contribution in [1.82, 2.24) is 5.48 Å². The first kappa shape index (κ1) is 10.6. The maximum absolute atomic E-state index is 12.7. The molecule has 0 aliphatic heterocycles. The minimum absolute atomic E-state index is 0.0278. The minimum atomic E-state index is -0.250. The van der Waals surface area contributed by atoms with E-state index >= 15 is 0 Å². The number of nitrogens with one attached hydrogen (secondary N) is 1. The molecular weight excluding hydrogens is 237 g/mol. The highest BCUT2D eigenvalue weighted by molar-refractivity contribution is 9.10. The van der Waals surface area contributed by atoms with Gasteiger partial charge in [0.25, 0.3) is 0 Å². The van der Waals surface area contributed by atoms with Gasteiger partial charge in [-0.15, -0.1) is 0 Å². The van der Waals surface area contributed by atoms with E-state index in [4.69, 9.17) is 4.84 Å². The number of hydrogen-bond donors (Lipinski definition) is 1. The Hall–Kier alpha value is -0.450. The van der Waals surface area contributed by atoms with Gasteiger partial charge in [-0.25, -0.2) is 4.39 Å². The van der Waals surface area contributed by atoms with E-state index in [1.165, 1.54) is 12.1 Å². The lowest BCUT2D eigenvalue weighted by Gasteiger charge is -2.13. The molecule has 13 heavy (non-hydrogen) atoms. The van der Waals surface area contributed by atoms with E-state index in [0.29, 0.717) is 0 Å². The fraction of sp³-hybridized carbons (Fsp3) is 0.333. The van der Waals surface area contributed by atoms with Crippen LogP contribution in [-0.2, 0) is 4.84 Å². The Labute approximate surface area is 85.2 Å². The Morgan fingerprint density at radius 2 is 2.23 bits per heavy atom. The van der Waals surface area contributed by atoms with Gasteiger partial charge in [-0.2, -0.15) is 5.48 Å². The Balaban J connectivity index is 2.88. The van der Waals surface area contributed by atoms with Crippen molar-refractivity contribution in [2.45, 2.75) is 13.0 Å². The Bertz CT molecular complexity index is 293. The van der Waals surface area contributed by atoms with Crippen LogP contribution in [0.5, 0.6) is 0 Å². The van der Waals surface area contributed by atoms with Crippen LogP contribution in [0.4, 0.5) is 4.39 Å². The molecule has 0 spiro atoms. The summed E-state index contributed by atoms with van der Waals surface area (Å²) in [6.45, 7) is 1.93. The molecule has 0 fully saturated rings. The van der Waals surface area contributed by atoms with E-state index < -0.39 is 0 Å². The van der Waals surface area contributed by atoms with Gasteiger partial charge in [-0.3, -0.25) is 0 Å². The molecule has 0 saturated heterocycles. The second-order valence-electron chi connectivity index (χ2n) is 2.71. The van der Waals surface area contributed by atoms with Crippen LogP contribution in [0.2, 0.25) is 0 Å². The predicted octanol–water partition coefficient (Wildman–Crippen LogP) is 2.80. The van der Waals surface area contributed by atoms with E-state index in [2.05, 4.69) is 21.4 Å². The fourth-order valence-electron chi connectivity index (χ4n) is 1.09. The van der Waals surface area contributed by atoms with Gasteiger partial charge in [0.05, 0.1) is 13.2 Å². The summed E-state index contributed by atoms with van der Waals surface area (Å²) >= 11 is 3.28. The molecular formula is C9H11BrFNO. The second-order valence-corrected chi connectivity index (χ2v) is 3.56. The number of hydrogen-bond acceptors (Lipinski definition) is 2. The monoisotopic (exact) mass is 247 g/mol. The van der Waals surface area contributed by atoms with Crippen LogP contribution in [0.15, 0.2) is 22.7 Å². The van der Waals surface area contributed by atoms with E-state index in [1.807, 2.05) is 6.92 Å². The summed E-state index contributed by atoms with van der Waals surface area (Å²) in [7, 11) is 1.55. The Kier molecular flexibility index (Phi) is 3.84. The average Bonchev–Trinajstić information content (AvgIpc) is 2.04. The minimum Gasteiger partial charge on any atom is -0.305 e. The molecule has 0 radical (unpaired) electrons. The van der Waals surface area contributed by atoms with E-state index in [1.54, 1.807) is 13.2 Å². The summed E-state index contributed by atoms with van der Waals surface area (Å²) in [5.41, 5.74) is 3.73. The molecule has 72 valence electrons. The summed E-state index contributed by atoms with van der Waals surface area (Å²) in [6.07, 6.45) is 0. The summed E-state index contributed by atoms with van der Waals surface area (Å²) in [5, 5.41) is 0. The van der Waals surface area contributed by atoms with Crippen molar-refractivity contribution >= 4 is 15.9 Å². The molecule has 0 aromatic heterocycles. The topological polar surface area (TPSA) is 21.3 Å². The van der Waals surface area contributed by atoms with E-state index in [0.717, 1.165) is 10.0 Å². The van der Waals surface area contributed by atoms with Gasteiger partial charge in [0, 0.05) is 4.47 Å². The van der Waals surface area contributed by atoms with Crippen molar-refractivity contribution in [2.24, 2.45) is 0 Å². The van der Waals surface area contributed by atoms with Crippen molar-refractivity contribution in [2.75, 3.05) is 7.11 Å². The maximum atomic E-state index is 12.7. The van der Waals surface area contributed by atoms with Gasteiger partial charge in [0.15, 0.2) is 0 Å². The lowest BCUT2D eigenvalue weighted by molar-refractivity contribution is 0.0656. The van der Waals surface area contributed by atoms with Crippen LogP contribution in [0.1, 0.15) is 18.5 Å². The first-order valence-electron chi connectivity index (χ1n) is 3.88. The molecule has 1 N–H and O–H groups in total. The van der Waals surface area contributed by atoms with E-state index in [9.17, 15) is 4.39 Å². The van der Waals surface area contributed by atoms with Crippen LogP contribution in [-0.4, -0.2) is 7.11 Å².